The highest BCUT2D eigenvalue weighted by molar-refractivity contribution is 5.80. The smallest absolute Gasteiger partial charge is 0.416 e. The maximum absolute atomic E-state index is 12.6. The second kappa shape index (κ2) is 5.75. The van der Waals surface area contributed by atoms with Crippen molar-refractivity contribution in [1.29, 1.82) is 0 Å². The normalized spacial score (nSPS) is 19.7. The second-order valence-corrected chi connectivity index (χ2v) is 5.05. The molecule has 2 rings (SSSR count). The van der Waals surface area contributed by atoms with Gasteiger partial charge in [-0.25, -0.2) is 0 Å². The van der Waals surface area contributed by atoms with Gasteiger partial charge in [-0.05, 0) is 24.1 Å². The van der Waals surface area contributed by atoms with E-state index in [0.717, 1.165) is 12.1 Å². The van der Waals surface area contributed by atoms with Gasteiger partial charge in [0, 0.05) is 19.5 Å². The van der Waals surface area contributed by atoms with Crippen LogP contribution in [0.3, 0.4) is 0 Å². The molecule has 1 aliphatic rings. The van der Waals surface area contributed by atoms with Crippen molar-refractivity contribution in [2.45, 2.75) is 25.6 Å². The van der Waals surface area contributed by atoms with Gasteiger partial charge in [-0.2, -0.15) is 13.2 Å². The Balaban J connectivity index is 2.13. The zero-order valence-corrected chi connectivity index (χ0v) is 11.1. The van der Waals surface area contributed by atoms with Crippen molar-refractivity contribution in [3.05, 3.63) is 35.4 Å². The Morgan fingerprint density at radius 2 is 2.10 bits per heavy atom. The summed E-state index contributed by atoms with van der Waals surface area (Å²) in [6, 6.07) is 4.72. The summed E-state index contributed by atoms with van der Waals surface area (Å²) in [5.41, 5.74) is -0.441. The minimum absolute atomic E-state index is 0.00741. The lowest BCUT2D eigenvalue weighted by Gasteiger charge is -2.30. The van der Waals surface area contributed by atoms with E-state index in [2.05, 4.69) is 0 Å². The lowest BCUT2D eigenvalue weighted by Crippen LogP contribution is -2.42. The Kier molecular flexibility index (Phi) is 4.20. The molecule has 0 aliphatic carbocycles. The number of amides is 1. The van der Waals surface area contributed by atoms with Crippen molar-refractivity contribution in [2.24, 2.45) is 5.92 Å². The number of carbonyl (C=O) groups is 2. The molecule has 7 heteroatoms. The third-order valence-corrected chi connectivity index (χ3v) is 3.48. The lowest BCUT2D eigenvalue weighted by atomic mass is 9.97. The predicted octanol–water partition coefficient (Wildman–Crippen LogP) is 2.53. The van der Waals surface area contributed by atoms with E-state index < -0.39 is 23.6 Å². The van der Waals surface area contributed by atoms with Gasteiger partial charge in [-0.3, -0.25) is 9.59 Å². The number of rotatable bonds is 3. The van der Waals surface area contributed by atoms with Crippen molar-refractivity contribution in [2.75, 3.05) is 6.54 Å². The van der Waals surface area contributed by atoms with Crippen LogP contribution in [0.5, 0.6) is 0 Å². The first-order valence-corrected chi connectivity index (χ1v) is 6.44. The summed E-state index contributed by atoms with van der Waals surface area (Å²) in [6.45, 7) is 0.0247. The molecule has 0 radical (unpaired) electrons. The van der Waals surface area contributed by atoms with E-state index in [4.69, 9.17) is 5.11 Å². The number of carboxylic acid groups (broad SMARTS) is 1. The summed E-state index contributed by atoms with van der Waals surface area (Å²) in [6.07, 6.45) is -4.06. The molecule has 0 saturated carbocycles. The van der Waals surface area contributed by atoms with Crippen LogP contribution < -0.4 is 0 Å². The first-order chi connectivity index (χ1) is 9.77. The fourth-order valence-electron chi connectivity index (χ4n) is 2.34. The van der Waals surface area contributed by atoms with Crippen molar-refractivity contribution in [3.63, 3.8) is 0 Å². The monoisotopic (exact) mass is 301 g/mol. The third kappa shape index (κ3) is 3.74. The quantitative estimate of drug-likeness (QED) is 0.933. The van der Waals surface area contributed by atoms with Gasteiger partial charge in [-0.15, -0.1) is 0 Å². The molecule has 1 fully saturated rings. The summed E-state index contributed by atoms with van der Waals surface area (Å²) < 4.78 is 37.9. The van der Waals surface area contributed by atoms with Gasteiger partial charge in [0.25, 0.3) is 0 Å². The minimum Gasteiger partial charge on any atom is -0.481 e. The molecule has 114 valence electrons. The van der Waals surface area contributed by atoms with E-state index in [1.807, 2.05) is 0 Å². The van der Waals surface area contributed by atoms with Crippen LogP contribution in [0.25, 0.3) is 0 Å². The summed E-state index contributed by atoms with van der Waals surface area (Å²) in [4.78, 5) is 24.0. The van der Waals surface area contributed by atoms with E-state index >= 15 is 0 Å². The van der Waals surface area contributed by atoms with E-state index in [0.29, 0.717) is 5.56 Å². The molecule has 1 aromatic rings. The number of likely N-dealkylation sites (tertiary alicyclic amines) is 1. The minimum atomic E-state index is -4.44. The Bertz CT molecular complexity index is 557. The van der Waals surface area contributed by atoms with Crippen molar-refractivity contribution in [1.82, 2.24) is 4.90 Å². The van der Waals surface area contributed by atoms with Gasteiger partial charge >= 0.3 is 12.1 Å². The average molecular weight is 301 g/mol. The standard InChI is InChI=1S/C14H14F3NO3/c15-14(16,17)11-3-1-2-9(6-11)7-18-8-10(13(20)21)4-5-12(18)19/h1-3,6,10H,4-5,7-8H2,(H,20,21). The van der Waals surface area contributed by atoms with E-state index in [1.165, 1.54) is 17.0 Å². The number of piperidine rings is 1. The van der Waals surface area contributed by atoms with Gasteiger partial charge in [-0.1, -0.05) is 12.1 Å². The van der Waals surface area contributed by atoms with Crippen molar-refractivity contribution in [3.8, 4) is 0 Å². The third-order valence-electron chi connectivity index (χ3n) is 3.48. The van der Waals surface area contributed by atoms with E-state index in [1.54, 1.807) is 0 Å². The molecule has 4 nitrogen and oxygen atoms in total. The lowest BCUT2D eigenvalue weighted by molar-refractivity contribution is -0.147. The number of benzene rings is 1. The molecular formula is C14H14F3NO3. The molecule has 1 unspecified atom stereocenters. The molecule has 1 N–H and O–H groups in total. The van der Waals surface area contributed by atoms with Crippen LogP contribution in [0, 0.1) is 5.92 Å². The fourth-order valence-corrected chi connectivity index (χ4v) is 2.34. The Hall–Kier alpha value is -2.05. The van der Waals surface area contributed by atoms with Crippen LogP contribution in [-0.2, 0) is 22.3 Å². The van der Waals surface area contributed by atoms with Gasteiger partial charge in [0.05, 0.1) is 11.5 Å². The van der Waals surface area contributed by atoms with Crippen LogP contribution in [0.1, 0.15) is 24.0 Å². The van der Waals surface area contributed by atoms with Crippen molar-refractivity contribution < 1.29 is 27.9 Å². The molecule has 0 bridgehead atoms. The number of hydrogen-bond acceptors (Lipinski definition) is 2. The maximum Gasteiger partial charge on any atom is 0.416 e. The van der Waals surface area contributed by atoms with Crippen LogP contribution >= 0.6 is 0 Å². The van der Waals surface area contributed by atoms with Crippen molar-refractivity contribution >= 4 is 11.9 Å². The number of nitrogens with zero attached hydrogens (tertiary/aromatic N) is 1. The molecule has 1 heterocycles. The highest BCUT2D eigenvalue weighted by atomic mass is 19.4. The first kappa shape index (κ1) is 15.3. The molecule has 0 aromatic heterocycles. The number of hydrogen-bond donors (Lipinski definition) is 1. The first-order valence-electron chi connectivity index (χ1n) is 6.44. The average Bonchev–Trinajstić information content (AvgIpc) is 2.40. The number of alkyl halides is 3. The summed E-state index contributed by atoms with van der Waals surface area (Å²) in [7, 11) is 0. The van der Waals surface area contributed by atoms with Gasteiger partial charge in [0.1, 0.15) is 0 Å². The topological polar surface area (TPSA) is 57.6 Å². The van der Waals surface area contributed by atoms with Gasteiger partial charge < -0.3 is 10.0 Å². The summed E-state index contributed by atoms with van der Waals surface area (Å²) in [5, 5.41) is 8.97. The SMILES string of the molecule is O=C(O)C1CCC(=O)N(Cc2cccc(C(F)(F)F)c2)C1. The molecule has 21 heavy (non-hydrogen) atoms. The zero-order valence-electron chi connectivity index (χ0n) is 11.1. The molecule has 1 aliphatic heterocycles. The highest BCUT2D eigenvalue weighted by Crippen LogP contribution is 2.30. The number of halogens is 3. The fraction of sp³-hybridized carbons (Fsp3) is 0.429. The largest absolute Gasteiger partial charge is 0.481 e. The van der Waals surface area contributed by atoms with E-state index in [-0.39, 0.29) is 31.8 Å². The number of aliphatic carboxylic acids is 1. The number of carbonyl (C=O) groups excluding carboxylic acids is 1. The molecule has 0 spiro atoms. The highest BCUT2D eigenvalue weighted by Gasteiger charge is 2.32. The van der Waals surface area contributed by atoms with Crippen LogP contribution in [-0.4, -0.2) is 28.4 Å². The molecule has 1 aromatic carbocycles. The Morgan fingerprint density at radius 1 is 1.38 bits per heavy atom. The molecule has 1 saturated heterocycles. The van der Waals surface area contributed by atoms with Gasteiger partial charge in [0.15, 0.2) is 0 Å². The summed E-state index contributed by atoms with van der Waals surface area (Å²) >= 11 is 0. The molecular weight excluding hydrogens is 287 g/mol. The second-order valence-electron chi connectivity index (χ2n) is 5.05. The predicted molar refractivity (Wildman–Crippen MR) is 67.2 cm³/mol. The van der Waals surface area contributed by atoms with Gasteiger partial charge in [0.2, 0.25) is 5.91 Å². The zero-order chi connectivity index (χ0) is 15.6. The Labute approximate surface area is 119 Å². The molecule has 1 atom stereocenters. The maximum atomic E-state index is 12.6. The number of carboxylic acids is 1. The molecule has 1 amide bonds. The van der Waals surface area contributed by atoms with Crippen LogP contribution in [0.15, 0.2) is 24.3 Å². The van der Waals surface area contributed by atoms with Crippen LogP contribution in [0.2, 0.25) is 0 Å². The van der Waals surface area contributed by atoms with Crippen LogP contribution in [0.4, 0.5) is 13.2 Å². The summed E-state index contributed by atoms with van der Waals surface area (Å²) in [5.74, 6) is -1.88. The Morgan fingerprint density at radius 3 is 2.71 bits per heavy atom. The van der Waals surface area contributed by atoms with E-state index in [9.17, 15) is 22.8 Å².